The highest BCUT2D eigenvalue weighted by atomic mass is 32.2. The summed E-state index contributed by atoms with van der Waals surface area (Å²) in [5, 5.41) is 0. The topological polar surface area (TPSA) is 86.1 Å². The number of pyridine rings is 1. The average molecular weight is 437 g/mol. The van der Waals surface area contributed by atoms with Crippen LogP contribution >= 0.6 is 0 Å². The van der Waals surface area contributed by atoms with Crippen LogP contribution < -0.4 is 9.46 Å². The Morgan fingerprint density at radius 2 is 1.77 bits per heavy atom. The highest BCUT2D eigenvalue weighted by molar-refractivity contribution is 7.89. The lowest BCUT2D eigenvalue weighted by Gasteiger charge is -2.11. The van der Waals surface area contributed by atoms with Gasteiger partial charge in [-0.15, -0.1) is 0 Å². The van der Waals surface area contributed by atoms with Crippen LogP contribution in [0.4, 0.5) is 0 Å². The third kappa shape index (κ3) is 4.76. The molecule has 7 nitrogen and oxygen atoms in total. The van der Waals surface area contributed by atoms with Gasteiger partial charge in [-0.3, -0.25) is 0 Å². The maximum absolute atomic E-state index is 12.8. The number of benzene rings is 2. The van der Waals surface area contributed by atoms with Crippen molar-refractivity contribution in [1.82, 2.24) is 19.3 Å². The van der Waals surface area contributed by atoms with Crippen molar-refractivity contribution >= 4 is 21.2 Å². The van der Waals surface area contributed by atoms with E-state index in [0.29, 0.717) is 24.7 Å². The second-order valence-electron chi connectivity index (χ2n) is 7.17. The van der Waals surface area contributed by atoms with Crippen LogP contribution in [0.1, 0.15) is 23.9 Å². The largest absolute Gasteiger partial charge is 0.494 e. The first-order chi connectivity index (χ1) is 15.0. The van der Waals surface area contributed by atoms with Crippen LogP contribution in [0.2, 0.25) is 0 Å². The zero-order valence-corrected chi connectivity index (χ0v) is 18.3. The third-order valence-corrected chi connectivity index (χ3v) is 6.33. The van der Waals surface area contributed by atoms with Crippen molar-refractivity contribution < 1.29 is 13.2 Å². The molecule has 160 valence electrons. The van der Waals surface area contributed by atoms with E-state index >= 15 is 0 Å². The van der Waals surface area contributed by atoms with E-state index in [4.69, 9.17) is 4.74 Å². The van der Waals surface area contributed by atoms with Crippen molar-refractivity contribution in [3.05, 3.63) is 83.8 Å². The number of aromatic nitrogens is 3. The molecule has 0 unspecified atom stereocenters. The number of fused-ring (bicyclic) bond motifs is 1. The number of imidazole rings is 1. The lowest BCUT2D eigenvalue weighted by molar-refractivity contribution is 0.340. The van der Waals surface area contributed by atoms with Gasteiger partial charge in [0, 0.05) is 6.20 Å². The molecule has 2 heterocycles. The van der Waals surface area contributed by atoms with Crippen LogP contribution in [0.25, 0.3) is 11.2 Å². The molecular formula is C23H24N4O3S. The summed E-state index contributed by atoms with van der Waals surface area (Å²) in [6.07, 6.45) is 1.71. The van der Waals surface area contributed by atoms with Gasteiger partial charge in [0.2, 0.25) is 10.0 Å². The minimum absolute atomic E-state index is 0.0533. The van der Waals surface area contributed by atoms with Gasteiger partial charge < -0.3 is 9.30 Å². The molecular weight excluding hydrogens is 412 g/mol. The summed E-state index contributed by atoms with van der Waals surface area (Å²) < 4.78 is 35.6. The lowest BCUT2D eigenvalue weighted by atomic mass is 10.1. The minimum atomic E-state index is -3.70. The first kappa shape index (κ1) is 21.0. The van der Waals surface area contributed by atoms with Gasteiger partial charge in [-0.1, -0.05) is 29.8 Å². The second-order valence-corrected chi connectivity index (χ2v) is 8.94. The highest BCUT2D eigenvalue weighted by Gasteiger charge is 2.18. The summed E-state index contributed by atoms with van der Waals surface area (Å²) in [7, 11) is -3.70. The molecule has 0 radical (unpaired) electrons. The predicted molar refractivity (Wildman–Crippen MR) is 119 cm³/mol. The van der Waals surface area contributed by atoms with E-state index in [0.717, 1.165) is 16.7 Å². The molecule has 0 saturated heterocycles. The number of ether oxygens (including phenoxy) is 1. The van der Waals surface area contributed by atoms with Crippen molar-refractivity contribution in [2.75, 3.05) is 6.61 Å². The van der Waals surface area contributed by atoms with Crippen LogP contribution in [-0.4, -0.2) is 29.6 Å². The normalized spacial score (nSPS) is 11.7. The van der Waals surface area contributed by atoms with Gasteiger partial charge in [0.25, 0.3) is 0 Å². The standard InChI is InChI=1S/C23H24N4O3S/c1-3-30-19-10-12-20(13-11-19)31(28,29)25-15-22-26-21-5-4-14-24-23(21)27(22)16-18-8-6-17(2)7-9-18/h4-14,25H,3,15-16H2,1-2H3. The van der Waals surface area contributed by atoms with Crippen molar-refractivity contribution in [1.29, 1.82) is 0 Å². The number of aryl methyl sites for hydroxylation is 1. The first-order valence-corrected chi connectivity index (χ1v) is 11.5. The third-order valence-electron chi connectivity index (χ3n) is 4.91. The molecule has 1 N–H and O–H groups in total. The van der Waals surface area contributed by atoms with Crippen LogP contribution in [0.3, 0.4) is 0 Å². The molecule has 2 aromatic heterocycles. The molecule has 8 heteroatoms. The maximum Gasteiger partial charge on any atom is 0.240 e. The van der Waals surface area contributed by atoms with E-state index in [-0.39, 0.29) is 11.4 Å². The van der Waals surface area contributed by atoms with Crippen LogP contribution in [0, 0.1) is 6.92 Å². The average Bonchev–Trinajstić information content (AvgIpc) is 3.12. The maximum atomic E-state index is 12.8. The van der Waals surface area contributed by atoms with Gasteiger partial charge in [-0.2, -0.15) is 0 Å². The SMILES string of the molecule is CCOc1ccc(S(=O)(=O)NCc2nc3cccnc3n2Cc2ccc(C)cc2)cc1. The number of nitrogens with one attached hydrogen (secondary N) is 1. The zero-order valence-electron chi connectivity index (χ0n) is 17.4. The van der Waals surface area contributed by atoms with Crippen molar-refractivity contribution in [2.24, 2.45) is 0 Å². The molecule has 0 spiro atoms. The van der Waals surface area contributed by atoms with E-state index in [1.165, 1.54) is 17.7 Å². The van der Waals surface area contributed by atoms with Crippen LogP contribution in [0.15, 0.2) is 71.8 Å². The number of hydrogen-bond acceptors (Lipinski definition) is 5. The Labute approximate surface area is 181 Å². The van der Waals surface area contributed by atoms with Gasteiger partial charge in [-0.05, 0) is 55.8 Å². The fourth-order valence-corrected chi connectivity index (χ4v) is 4.29. The second kappa shape index (κ2) is 8.87. The first-order valence-electron chi connectivity index (χ1n) is 10.0. The number of sulfonamides is 1. The van der Waals surface area contributed by atoms with Gasteiger partial charge in [-0.25, -0.2) is 23.1 Å². The molecule has 0 aliphatic carbocycles. The Morgan fingerprint density at radius 1 is 1.03 bits per heavy atom. The van der Waals surface area contributed by atoms with Crippen LogP contribution in [0.5, 0.6) is 5.75 Å². The Morgan fingerprint density at radius 3 is 2.48 bits per heavy atom. The molecule has 4 rings (SSSR count). The molecule has 0 bridgehead atoms. The summed E-state index contributed by atoms with van der Waals surface area (Å²) in [4.78, 5) is 9.25. The Bertz CT molecular complexity index is 1280. The van der Waals surface area contributed by atoms with E-state index in [1.54, 1.807) is 18.3 Å². The Kier molecular flexibility index (Phi) is 6.01. The molecule has 2 aromatic carbocycles. The summed E-state index contributed by atoms with van der Waals surface area (Å²) >= 11 is 0. The summed E-state index contributed by atoms with van der Waals surface area (Å²) in [5.74, 6) is 1.23. The van der Waals surface area contributed by atoms with Gasteiger partial charge in [0.1, 0.15) is 17.1 Å². The van der Waals surface area contributed by atoms with Gasteiger partial charge >= 0.3 is 0 Å². The predicted octanol–water partition coefficient (Wildman–Crippen LogP) is 3.67. The molecule has 4 aromatic rings. The molecule has 31 heavy (non-hydrogen) atoms. The van der Waals surface area contributed by atoms with E-state index in [9.17, 15) is 8.42 Å². The van der Waals surface area contributed by atoms with Crippen molar-refractivity contribution in [3.63, 3.8) is 0 Å². The smallest absolute Gasteiger partial charge is 0.240 e. The monoisotopic (exact) mass is 436 g/mol. The van der Waals surface area contributed by atoms with E-state index < -0.39 is 10.0 Å². The summed E-state index contributed by atoms with van der Waals surface area (Å²) in [6.45, 7) is 5.05. The molecule has 0 saturated carbocycles. The summed E-state index contributed by atoms with van der Waals surface area (Å²) in [6, 6.07) is 18.3. The van der Waals surface area contributed by atoms with Crippen molar-refractivity contribution in [2.45, 2.75) is 31.8 Å². The molecule has 0 atom stereocenters. The minimum Gasteiger partial charge on any atom is -0.494 e. The molecule has 0 aliphatic rings. The van der Waals surface area contributed by atoms with E-state index in [2.05, 4.69) is 39.0 Å². The van der Waals surface area contributed by atoms with E-state index in [1.807, 2.05) is 30.5 Å². The number of rotatable bonds is 8. The molecule has 0 aliphatic heterocycles. The summed E-state index contributed by atoms with van der Waals surface area (Å²) in [5.41, 5.74) is 3.72. The molecule has 0 fully saturated rings. The fourth-order valence-electron chi connectivity index (χ4n) is 3.31. The zero-order chi connectivity index (χ0) is 21.8. The Hall–Kier alpha value is -3.23. The fraction of sp³-hybridized carbons (Fsp3) is 0.217. The molecule has 0 amide bonds. The van der Waals surface area contributed by atoms with Crippen LogP contribution in [-0.2, 0) is 23.1 Å². The van der Waals surface area contributed by atoms with Crippen molar-refractivity contribution in [3.8, 4) is 5.75 Å². The quantitative estimate of drug-likeness (QED) is 0.456. The Balaban J connectivity index is 1.59. The van der Waals surface area contributed by atoms with Gasteiger partial charge in [0.05, 0.1) is 24.6 Å². The number of nitrogens with zero attached hydrogens (tertiary/aromatic N) is 3. The van der Waals surface area contributed by atoms with Gasteiger partial charge in [0.15, 0.2) is 5.65 Å². The lowest BCUT2D eigenvalue weighted by Crippen LogP contribution is -2.25. The number of hydrogen-bond donors (Lipinski definition) is 1. The highest BCUT2D eigenvalue weighted by Crippen LogP contribution is 2.19.